The molecule has 0 aliphatic heterocycles. The maximum Gasteiger partial charge on any atom is 0.297 e. The van der Waals surface area contributed by atoms with E-state index in [1.54, 1.807) is 23.0 Å². The van der Waals surface area contributed by atoms with Crippen LogP contribution in [-0.4, -0.2) is 29.5 Å². The molecule has 5 aromatic rings. The molecule has 30 heavy (non-hydrogen) atoms. The van der Waals surface area contributed by atoms with Crippen LogP contribution in [0, 0.1) is 6.92 Å². The summed E-state index contributed by atoms with van der Waals surface area (Å²) in [5.41, 5.74) is 3.43. The Morgan fingerprint density at radius 3 is 2.47 bits per heavy atom. The van der Waals surface area contributed by atoms with E-state index in [1.807, 2.05) is 73.3 Å². The van der Waals surface area contributed by atoms with Gasteiger partial charge in [0.05, 0.1) is 17.6 Å². The number of phenolic OH excluding ortho intramolecular Hbond substituents is 1. The van der Waals surface area contributed by atoms with Crippen molar-refractivity contribution in [2.75, 3.05) is 0 Å². The Balaban J connectivity index is 1.60. The third-order valence-corrected chi connectivity index (χ3v) is 5.37. The lowest BCUT2D eigenvalue weighted by atomic mass is 10.1. The van der Waals surface area contributed by atoms with Crippen molar-refractivity contribution in [1.82, 2.24) is 24.4 Å². The van der Waals surface area contributed by atoms with Gasteiger partial charge in [0.25, 0.3) is 5.56 Å². The monoisotopic (exact) mass is 397 g/mol. The molecule has 7 nitrogen and oxygen atoms in total. The zero-order valence-electron chi connectivity index (χ0n) is 16.5. The van der Waals surface area contributed by atoms with Gasteiger partial charge >= 0.3 is 0 Å². The third-order valence-electron chi connectivity index (χ3n) is 5.37. The molecule has 148 valence electrons. The molecule has 0 saturated carbocycles. The molecule has 0 fully saturated rings. The average molecular weight is 397 g/mol. The average Bonchev–Trinajstić information content (AvgIpc) is 3.31. The first kappa shape index (κ1) is 17.9. The van der Waals surface area contributed by atoms with Crippen LogP contribution in [0.3, 0.4) is 0 Å². The van der Waals surface area contributed by atoms with E-state index in [2.05, 4.69) is 10.3 Å². The number of aromatic nitrogens is 5. The highest BCUT2D eigenvalue weighted by Crippen LogP contribution is 2.26. The van der Waals surface area contributed by atoms with E-state index < -0.39 is 0 Å². The van der Waals surface area contributed by atoms with Gasteiger partial charge in [0.1, 0.15) is 11.4 Å². The Morgan fingerprint density at radius 1 is 0.933 bits per heavy atom. The topological polar surface area (TPSA) is 77.9 Å². The Kier molecular flexibility index (Phi) is 4.03. The van der Waals surface area contributed by atoms with Crippen LogP contribution >= 0.6 is 0 Å². The Bertz CT molecular complexity index is 1440. The molecule has 2 heterocycles. The molecule has 2 aromatic heterocycles. The molecule has 0 unspecified atom stereocenters. The molecule has 0 aliphatic rings. The van der Waals surface area contributed by atoms with Gasteiger partial charge < -0.3 is 5.11 Å². The van der Waals surface area contributed by atoms with Crippen molar-refractivity contribution in [2.24, 2.45) is 7.05 Å². The standard InChI is InChI=1S/C23H19N5O2/c1-15-22(23(30)28(26(15)2)19-6-4-3-5-7-19)27-14-21(24-25-27)18-9-8-17-13-20(29)11-10-16(17)12-18/h3-14,29H,1-2H3. The van der Waals surface area contributed by atoms with E-state index in [0.717, 1.165) is 27.7 Å². The van der Waals surface area contributed by atoms with Gasteiger partial charge in [-0.2, -0.15) is 0 Å². The van der Waals surface area contributed by atoms with Crippen LogP contribution in [0.5, 0.6) is 5.75 Å². The number of para-hydroxylation sites is 1. The number of rotatable bonds is 3. The fourth-order valence-electron chi connectivity index (χ4n) is 3.72. The predicted octanol–water partition coefficient (Wildman–Crippen LogP) is 3.59. The molecule has 0 bridgehead atoms. The Hall–Kier alpha value is -4.13. The molecule has 7 heteroatoms. The summed E-state index contributed by atoms with van der Waals surface area (Å²) < 4.78 is 4.97. The zero-order valence-corrected chi connectivity index (χ0v) is 16.5. The summed E-state index contributed by atoms with van der Waals surface area (Å²) in [6.45, 7) is 1.89. The molecule has 0 aliphatic carbocycles. The second-order valence-electron chi connectivity index (χ2n) is 7.20. The largest absolute Gasteiger partial charge is 0.508 e. The number of benzene rings is 3. The van der Waals surface area contributed by atoms with Crippen LogP contribution in [0.4, 0.5) is 0 Å². The summed E-state index contributed by atoms with van der Waals surface area (Å²) in [5.74, 6) is 0.232. The highest BCUT2D eigenvalue weighted by atomic mass is 16.3. The number of fused-ring (bicyclic) bond motifs is 1. The van der Waals surface area contributed by atoms with Crippen molar-refractivity contribution in [1.29, 1.82) is 0 Å². The van der Waals surface area contributed by atoms with E-state index in [0.29, 0.717) is 11.4 Å². The fraction of sp³-hybridized carbons (Fsp3) is 0.0870. The van der Waals surface area contributed by atoms with Crippen LogP contribution in [0.25, 0.3) is 33.4 Å². The van der Waals surface area contributed by atoms with Gasteiger partial charge in [0.15, 0.2) is 5.69 Å². The maximum atomic E-state index is 13.2. The summed E-state index contributed by atoms with van der Waals surface area (Å²) in [5, 5.41) is 20.1. The van der Waals surface area contributed by atoms with E-state index in [1.165, 1.54) is 4.68 Å². The minimum atomic E-state index is -0.161. The van der Waals surface area contributed by atoms with Crippen LogP contribution in [0.2, 0.25) is 0 Å². The van der Waals surface area contributed by atoms with E-state index in [4.69, 9.17) is 0 Å². The van der Waals surface area contributed by atoms with Crippen molar-refractivity contribution in [2.45, 2.75) is 6.92 Å². The van der Waals surface area contributed by atoms with Gasteiger partial charge in [-0.05, 0) is 48.0 Å². The van der Waals surface area contributed by atoms with Crippen LogP contribution < -0.4 is 5.56 Å². The van der Waals surface area contributed by atoms with Gasteiger partial charge in [-0.15, -0.1) is 5.10 Å². The van der Waals surface area contributed by atoms with Gasteiger partial charge in [0, 0.05) is 12.6 Å². The van der Waals surface area contributed by atoms with Crippen molar-refractivity contribution in [3.63, 3.8) is 0 Å². The lowest BCUT2D eigenvalue weighted by Gasteiger charge is -2.07. The first-order chi connectivity index (χ1) is 14.5. The first-order valence-corrected chi connectivity index (χ1v) is 9.53. The molecule has 5 rings (SSSR count). The lowest BCUT2D eigenvalue weighted by Crippen LogP contribution is -2.21. The number of nitrogens with zero attached hydrogens (tertiary/aromatic N) is 5. The van der Waals surface area contributed by atoms with Gasteiger partial charge in [-0.1, -0.05) is 41.6 Å². The van der Waals surface area contributed by atoms with Crippen molar-refractivity contribution < 1.29 is 5.11 Å². The summed E-state index contributed by atoms with van der Waals surface area (Å²) >= 11 is 0. The van der Waals surface area contributed by atoms with Crippen LogP contribution in [-0.2, 0) is 7.05 Å². The van der Waals surface area contributed by atoms with Crippen molar-refractivity contribution in [3.05, 3.63) is 89.0 Å². The lowest BCUT2D eigenvalue weighted by molar-refractivity contribution is 0.476. The Labute approximate surface area is 172 Å². The predicted molar refractivity (Wildman–Crippen MR) is 115 cm³/mol. The molecule has 0 radical (unpaired) electrons. The quantitative estimate of drug-likeness (QED) is 0.505. The number of hydrogen-bond acceptors (Lipinski definition) is 4. The molecule has 0 amide bonds. The van der Waals surface area contributed by atoms with Gasteiger partial charge in [-0.3, -0.25) is 9.48 Å². The van der Waals surface area contributed by atoms with Crippen LogP contribution in [0.1, 0.15) is 5.69 Å². The summed E-state index contributed by atoms with van der Waals surface area (Å²) in [4.78, 5) is 13.2. The molecule has 1 N–H and O–H groups in total. The molecule has 0 spiro atoms. The molecular formula is C23H19N5O2. The van der Waals surface area contributed by atoms with Crippen molar-refractivity contribution in [3.8, 4) is 28.4 Å². The maximum absolute atomic E-state index is 13.2. The van der Waals surface area contributed by atoms with Gasteiger partial charge in [0.2, 0.25) is 0 Å². The van der Waals surface area contributed by atoms with Gasteiger partial charge in [-0.25, -0.2) is 9.36 Å². The smallest absolute Gasteiger partial charge is 0.297 e. The zero-order chi connectivity index (χ0) is 20.8. The minimum absolute atomic E-state index is 0.161. The highest BCUT2D eigenvalue weighted by Gasteiger charge is 2.19. The van der Waals surface area contributed by atoms with E-state index >= 15 is 0 Å². The minimum Gasteiger partial charge on any atom is -0.508 e. The Morgan fingerprint density at radius 2 is 1.67 bits per heavy atom. The van der Waals surface area contributed by atoms with Crippen LogP contribution in [0.15, 0.2) is 77.7 Å². The number of phenols is 1. The number of aromatic hydroxyl groups is 1. The number of hydrogen-bond donors (Lipinski definition) is 1. The van der Waals surface area contributed by atoms with Crippen molar-refractivity contribution >= 4 is 10.8 Å². The highest BCUT2D eigenvalue weighted by molar-refractivity contribution is 5.87. The van der Waals surface area contributed by atoms with E-state index in [-0.39, 0.29) is 11.3 Å². The SMILES string of the molecule is Cc1c(-n2cc(-c3ccc4cc(O)ccc4c3)nn2)c(=O)n(-c2ccccc2)n1C. The molecular weight excluding hydrogens is 378 g/mol. The molecule has 0 atom stereocenters. The summed E-state index contributed by atoms with van der Waals surface area (Å²) in [6.07, 6.45) is 1.76. The van der Waals surface area contributed by atoms with E-state index in [9.17, 15) is 9.90 Å². The third kappa shape index (κ3) is 2.79. The second-order valence-corrected chi connectivity index (χ2v) is 7.20. The normalized spacial score (nSPS) is 11.3. The summed E-state index contributed by atoms with van der Waals surface area (Å²) in [7, 11) is 1.85. The fourth-order valence-corrected chi connectivity index (χ4v) is 3.72. The molecule has 3 aromatic carbocycles. The second kappa shape index (κ2) is 6.73. The summed E-state index contributed by atoms with van der Waals surface area (Å²) in [6, 6.07) is 20.6. The first-order valence-electron chi connectivity index (χ1n) is 9.53. The molecule has 0 saturated heterocycles.